The van der Waals surface area contributed by atoms with Crippen LogP contribution in [0.4, 0.5) is 0 Å². The molecule has 140 valence electrons. The topological polar surface area (TPSA) is 91.1 Å². The van der Waals surface area contributed by atoms with E-state index in [0.717, 1.165) is 15.6 Å². The van der Waals surface area contributed by atoms with Gasteiger partial charge in [0.1, 0.15) is 4.21 Å². The average Bonchev–Trinajstić information content (AvgIpc) is 3.34. The lowest BCUT2D eigenvalue weighted by atomic mass is 10.3. The minimum absolute atomic E-state index is 0.209. The molecule has 1 saturated heterocycles. The zero-order valence-corrected chi connectivity index (χ0v) is 15.8. The molecule has 1 fully saturated rings. The van der Waals surface area contributed by atoms with E-state index < -0.39 is 10.0 Å². The third kappa shape index (κ3) is 3.81. The van der Waals surface area contributed by atoms with E-state index in [4.69, 9.17) is 4.42 Å². The van der Waals surface area contributed by atoms with Gasteiger partial charge in [0.25, 0.3) is 15.9 Å². The summed E-state index contributed by atoms with van der Waals surface area (Å²) in [5.74, 6) is -0.219. The van der Waals surface area contributed by atoms with Crippen molar-refractivity contribution in [3.8, 4) is 0 Å². The number of carbonyl (C=O) groups excluding carboxylic acids is 2. The molecule has 0 unspecified atom stereocenters. The molecule has 1 aliphatic rings. The molecule has 3 heterocycles. The van der Waals surface area contributed by atoms with Crippen molar-refractivity contribution in [2.24, 2.45) is 0 Å². The van der Waals surface area contributed by atoms with E-state index in [0.29, 0.717) is 26.2 Å². The largest absolute Gasteiger partial charge is 0.459 e. The van der Waals surface area contributed by atoms with E-state index in [9.17, 15) is 18.0 Å². The number of likely N-dealkylation sites (N-methyl/N-ethyl adjacent to an activating group) is 1. The third-order valence-electron chi connectivity index (χ3n) is 4.17. The van der Waals surface area contributed by atoms with Crippen LogP contribution in [-0.2, 0) is 14.8 Å². The predicted molar refractivity (Wildman–Crippen MR) is 95.3 cm³/mol. The Morgan fingerprint density at radius 3 is 2.42 bits per heavy atom. The Bertz CT molecular complexity index is 854. The Balaban J connectivity index is 1.55. The molecule has 0 aliphatic carbocycles. The summed E-state index contributed by atoms with van der Waals surface area (Å²) in [6.45, 7) is 1.25. The van der Waals surface area contributed by atoms with Gasteiger partial charge in [0.05, 0.1) is 12.8 Å². The summed E-state index contributed by atoms with van der Waals surface area (Å²) in [6.07, 6.45) is 1.44. The van der Waals surface area contributed by atoms with Crippen molar-refractivity contribution >= 4 is 33.2 Å². The van der Waals surface area contributed by atoms with Crippen molar-refractivity contribution in [3.63, 3.8) is 0 Å². The first-order chi connectivity index (χ1) is 12.4. The molecule has 0 bridgehead atoms. The smallest absolute Gasteiger partial charge is 0.289 e. The molecule has 0 spiro atoms. The van der Waals surface area contributed by atoms with E-state index in [1.165, 1.54) is 19.4 Å². The van der Waals surface area contributed by atoms with Gasteiger partial charge in [0.2, 0.25) is 5.91 Å². The summed E-state index contributed by atoms with van der Waals surface area (Å²) < 4.78 is 31.1. The van der Waals surface area contributed by atoms with Crippen molar-refractivity contribution < 1.29 is 22.4 Å². The van der Waals surface area contributed by atoms with Crippen LogP contribution in [0.25, 0.3) is 0 Å². The number of sulfonamides is 1. The van der Waals surface area contributed by atoms with Gasteiger partial charge >= 0.3 is 0 Å². The number of hydrogen-bond donors (Lipinski definition) is 0. The van der Waals surface area contributed by atoms with Gasteiger partial charge < -0.3 is 14.2 Å². The molecule has 2 amide bonds. The second-order valence-corrected chi connectivity index (χ2v) is 9.06. The van der Waals surface area contributed by atoms with E-state index in [1.54, 1.807) is 33.4 Å². The van der Waals surface area contributed by atoms with Gasteiger partial charge in [-0.3, -0.25) is 9.59 Å². The van der Waals surface area contributed by atoms with Gasteiger partial charge in [-0.25, -0.2) is 8.42 Å². The number of nitrogens with zero attached hydrogens (tertiary/aromatic N) is 3. The maximum absolute atomic E-state index is 12.4. The molecular formula is C16H19N3O5S2. The molecule has 1 aliphatic heterocycles. The molecular weight excluding hydrogens is 378 g/mol. The molecule has 0 radical (unpaired) electrons. The molecule has 0 saturated carbocycles. The summed E-state index contributed by atoms with van der Waals surface area (Å²) in [5.41, 5.74) is 0. The Morgan fingerprint density at radius 2 is 1.85 bits per heavy atom. The Morgan fingerprint density at radius 1 is 1.15 bits per heavy atom. The molecule has 0 aromatic carbocycles. The van der Waals surface area contributed by atoms with E-state index in [1.807, 2.05) is 0 Å². The zero-order chi connectivity index (χ0) is 18.7. The summed E-state index contributed by atoms with van der Waals surface area (Å²) in [4.78, 5) is 27.8. The Hall–Kier alpha value is -2.17. The summed E-state index contributed by atoms with van der Waals surface area (Å²) >= 11 is 1.12. The molecule has 10 heteroatoms. The average molecular weight is 397 g/mol. The molecule has 3 rings (SSSR count). The molecule has 26 heavy (non-hydrogen) atoms. The molecule has 2 aromatic rings. The van der Waals surface area contributed by atoms with Crippen LogP contribution in [0, 0.1) is 0 Å². The van der Waals surface area contributed by atoms with E-state index in [2.05, 4.69) is 0 Å². The Labute approximate surface area is 155 Å². The minimum atomic E-state index is -3.66. The lowest BCUT2D eigenvalue weighted by Crippen LogP contribution is -2.52. The first kappa shape index (κ1) is 18.6. The van der Waals surface area contributed by atoms with Gasteiger partial charge in [0, 0.05) is 33.2 Å². The molecule has 2 aromatic heterocycles. The quantitative estimate of drug-likeness (QED) is 0.749. The van der Waals surface area contributed by atoms with E-state index in [-0.39, 0.29) is 28.3 Å². The van der Waals surface area contributed by atoms with Crippen LogP contribution in [0.5, 0.6) is 0 Å². The summed E-state index contributed by atoms with van der Waals surface area (Å²) in [5, 5.41) is 1.68. The normalized spacial score (nSPS) is 15.5. The minimum Gasteiger partial charge on any atom is -0.459 e. The Kier molecular flexibility index (Phi) is 5.44. The van der Waals surface area contributed by atoms with Crippen LogP contribution < -0.4 is 0 Å². The number of carbonyl (C=O) groups is 2. The van der Waals surface area contributed by atoms with Gasteiger partial charge in [-0.2, -0.15) is 4.31 Å². The first-order valence-corrected chi connectivity index (χ1v) is 10.3. The fourth-order valence-corrected chi connectivity index (χ4v) is 4.98. The van der Waals surface area contributed by atoms with Crippen molar-refractivity contribution in [3.05, 3.63) is 41.7 Å². The monoisotopic (exact) mass is 397 g/mol. The van der Waals surface area contributed by atoms with Crippen LogP contribution in [0.3, 0.4) is 0 Å². The number of furan rings is 1. The predicted octanol–water partition coefficient (Wildman–Crippen LogP) is 0.946. The van der Waals surface area contributed by atoms with Crippen LogP contribution in [-0.4, -0.2) is 74.1 Å². The van der Waals surface area contributed by atoms with Crippen LogP contribution in [0.1, 0.15) is 10.6 Å². The number of amides is 2. The summed E-state index contributed by atoms with van der Waals surface area (Å²) in [6, 6.07) is 6.42. The number of thiophene rings is 1. The van der Waals surface area contributed by atoms with Crippen molar-refractivity contribution in [2.75, 3.05) is 39.8 Å². The number of piperazine rings is 1. The van der Waals surface area contributed by atoms with Gasteiger partial charge in [-0.05, 0) is 23.6 Å². The third-order valence-corrected chi connectivity index (χ3v) is 7.35. The SMILES string of the molecule is CN(CC(=O)N1CCN(C(=O)c2ccco2)CC1)S(=O)(=O)c1cccs1. The highest BCUT2D eigenvalue weighted by Gasteiger charge is 2.29. The maximum Gasteiger partial charge on any atom is 0.289 e. The van der Waals surface area contributed by atoms with Crippen LogP contribution >= 0.6 is 11.3 Å². The highest BCUT2D eigenvalue weighted by Crippen LogP contribution is 2.20. The van der Waals surface area contributed by atoms with Crippen LogP contribution in [0.15, 0.2) is 44.5 Å². The second kappa shape index (κ2) is 7.60. The fraction of sp³-hybridized carbons (Fsp3) is 0.375. The highest BCUT2D eigenvalue weighted by atomic mass is 32.2. The lowest BCUT2D eigenvalue weighted by molar-refractivity contribution is -0.132. The molecule has 8 nitrogen and oxygen atoms in total. The van der Waals surface area contributed by atoms with E-state index >= 15 is 0 Å². The first-order valence-electron chi connectivity index (χ1n) is 8.00. The van der Waals surface area contributed by atoms with Gasteiger partial charge in [-0.15, -0.1) is 11.3 Å². The van der Waals surface area contributed by atoms with Gasteiger partial charge in [0.15, 0.2) is 5.76 Å². The molecule has 0 N–H and O–H groups in total. The van der Waals surface area contributed by atoms with Gasteiger partial charge in [-0.1, -0.05) is 6.07 Å². The maximum atomic E-state index is 12.4. The number of rotatable bonds is 5. The van der Waals surface area contributed by atoms with Crippen molar-refractivity contribution in [1.29, 1.82) is 0 Å². The second-order valence-electron chi connectivity index (χ2n) is 5.84. The number of hydrogen-bond acceptors (Lipinski definition) is 6. The van der Waals surface area contributed by atoms with Crippen molar-refractivity contribution in [1.82, 2.24) is 14.1 Å². The van der Waals surface area contributed by atoms with Crippen molar-refractivity contribution in [2.45, 2.75) is 4.21 Å². The van der Waals surface area contributed by atoms with Crippen LogP contribution in [0.2, 0.25) is 0 Å². The lowest BCUT2D eigenvalue weighted by Gasteiger charge is -2.35. The fourth-order valence-electron chi connectivity index (χ4n) is 2.65. The zero-order valence-electron chi connectivity index (χ0n) is 14.2. The standard InChI is InChI=1S/C16H19N3O5S2/c1-17(26(22,23)15-5-3-11-25-15)12-14(20)18-6-8-19(9-7-18)16(21)13-4-2-10-24-13/h2-5,10-11H,6-9,12H2,1H3. The highest BCUT2D eigenvalue weighted by molar-refractivity contribution is 7.91. The summed E-state index contributed by atoms with van der Waals surface area (Å²) in [7, 11) is -2.26. The molecule has 0 atom stereocenters.